The second-order valence-electron chi connectivity index (χ2n) is 8.28. The van der Waals surface area contributed by atoms with E-state index in [2.05, 4.69) is 26.1 Å². The Kier molecular flexibility index (Phi) is 5.70. The summed E-state index contributed by atoms with van der Waals surface area (Å²) in [5, 5.41) is 3.38. The second-order valence-corrected chi connectivity index (χ2v) is 8.28. The number of hydrogen-bond donors (Lipinski definition) is 2. The van der Waals surface area contributed by atoms with Crippen molar-refractivity contribution >= 4 is 5.91 Å². The van der Waals surface area contributed by atoms with E-state index in [1.165, 1.54) is 32.1 Å². The fraction of sp³-hybridized carbons (Fsp3) is 0.944. The van der Waals surface area contributed by atoms with Crippen LogP contribution >= 0.6 is 0 Å². The number of amides is 1. The van der Waals surface area contributed by atoms with Gasteiger partial charge in [-0.15, -0.1) is 0 Å². The molecule has 0 spiro atoms. The Morgan fingerprint density at radius 2 is 1.57 bits per heavy atom. The Morgan fingerprint density at radius 1 is 0.952 bits per heavy atom. The van der Waals surface area contributed by atoms with Crippen molar-refractivity contribution in [3.05, 3.63) is 0 Å². The highest BCUT2D eigenvalue weighted by Crippen LogP contribution is 2.38. The minimum atomic E-state index is 0.0371. The molecule has 4 unspecified atom stereocenters. The molecule has 21 heavy (non-hydrogen) atoms. The molecule has 2 aliphatic rings. The Bertz CT molecular complexity index is 348. The van der Waals surface area contributed by atoms with Gasteiger partial charge < -0.3 is 11.1 Å². The quantitative estimate of drug-likeness (QED) is 0.764. The average Bonchev–Trinajstić information content (AvgIpc) is 2.62. The molecular weight excluding hydrogens is 260 g/mol. The molecule has 2 aliphatic carbocycles. The highest BCUT2D eigenvalue weighted by atomic mass is 16.2. The van der Waals surface area contributed by atoms with Crippen molar-refractivity contribution in [1.82, 2.24) is 5.32 Å². The predicted molar refractivity (Wildman–Crippen MR) is 87.9 cm³/mol. The lowest BCUT2D eigenvalue weighted by Gasteiger charge is -2.41. The summed E-state index contributed by atoms with van der Waals surface area (Å²) in [6.07, 6.45) is 10.5. The van der Waals surface area contributed by atoms with Crippen LogP contribution < -0.4 is 11.1 Å². The number of nitrogens with one attached hydrogen (secondary N) is 1. The molecule has 0 bridgehead atoms. The molecule has 3 N–H and O–H groups in total. The Balaban J connectivity index is 1.99. The van der Waals surface area contributed by atoms with Gasteiger partial charge in [0.25, 0.3) is 0 Å². The standard InChI is InChI=1S/C18H34N2O/c1-18(2,3)14-10-7-8-12-16(14)20-17(21)13-9-5-4-6-11-15(13)19/h13-16H,4-12,19H2,1-3H3,(H,20,21). The minimum absolute atomic E-state index is 0.0371. The van der Waals surface area contributed by atoms with E-state index in [1.807, 2.05) is 0 Å². The van der Waals surface area contributed by atoms with Gasteiger partial charge in [-0.3, -0.25) is 4.79 Å². The van der Waals surface area contributed by atoms with Crippen LogP contribution in [0.5, 0.6) is 0 Å². The molecule has 122 valence electrons. The van der Waals surface area contributed by atoms with Crippen LogP contribution in [0.4, 0.5) is 0 Å². The van der Waals surface area contributed by atoms with Crippen molar-refractivity contribution in [2.75, 3.05) is 0 Å². The van der Waals surface area contributed by atoms with Crippen molar-refractivity contribution < 1.29 is 4.79 Å². The fourth-order valence-corrected chi connectivity index (χ4v) is 4.29. The van der Waals surface area contributed by atoms with E-state index in [4.69, 9.17) is 5.73 Å². The highest BCUT2D eigenvalue weighted by molar-refractivity contribution is 5.79. The average molecular weight is 294 g/mol. The zero-order valence-corrected chi connectivity index (χ0v) is 14.2. The summed E-state index contributed by atoms with van der Waals surface area (Å²) in [6, 6.07) is 0.408. The van der Waals surface area contributed by atoms with Crippen molar-refractivity contribution in [2.24, 2.45) is 23.0 Å². The van der Waals surface area contributed by atoms with Crippen molar-refractivity contribution in [3.8, 4) is 0 Å². The molecule has 0 radical (unpaired) electrons. The second kappa shape index (κ2) is 7.13. The number of carbonyl (C=O) groups excluding carboxylic acids is 1. The summed E-state index contributed by atoms with van der Waals surface area (Å²) in [6.45, 7) is 6.92. The predicted octanol–water partition coefficient (Wildman–Crippen LogP) is 3.62. The van der Waals surface area contributed by atoms with Gasteiger partial charge in [-0.05, 0) is 37.0 Å². The molecule has 0 heterocycles. The topological polar surface area (TPSA) is 55.1 Å². The summed E-state index contributed by atoms with van der Waals surface area (Å²) in [5.74, 6) is 0.859. The van der Waals surface area contributed by atoms with Crippen LogP contribution in [0.15, 0.2) is 0 Å². The molecule has 3 nitrogen and oxygen atoms in total. The summed E-state index contributed by atoms with van der Waals surface area (Å²) >= 11 is 0. The highest BCUT2D eigenvalue weighted by Gasteiger charge is 2.36. The van der Waals surface area contributed by atoms with Crippen molar-refractivity contribution in [3.63, 3.8) is 0 Å². The van der Waals surface area contributed by atoms with Gasteiger partial charge in [-0.1, -0.05) is 52.9 Å². The van der Waals surface area contributed by atoms with Crippen molar-refractivity contribution in [2.45, 2.75) is 90.6 Å². The largest absolute Gasteiger partial charge is 0.353 e. The van der Waals surface area contributed by atoms with E-state index in [0.29, 0.717) is 12.0 Å². The van der Waals surface area contributed by atoms with Crippen LogP contribution in [0.1, 0.15) is 78.6 Å². The maximum atomic E-state index is 12.7. The summed E-state index contributed by atoms with van der Waals surface area (Å²) < 4.78 is 0. The number of hydrogen-bond acceptors (Lipinski definition) is 2. The zero-order chi connectivity index (χ0) is 15.5. The summed E-state index contributed by atoms with van der Waals surface area (Å²) in [5.41, 5.74) is 6.51. The molecule has 0 saturated heterocycles. The third-order valence-electron chi connectivity index (χ3n) is 5.61. The third-order valence-corrected chi connectivity index (χ3v) is 5.61. The van der Waals surface area contributed by atoms with Gasteiger partial charge in [-0.25, -0.2) is 0 Å². The van der Waals surface area contributed by atoms with Crippen LogP contribution in [0.3, 0.4) is 0 Å². The molecule has 2 saturated carbocycles. The minimum Gasteiger partial charge on any atom is -0.353 e. The van der Waals surface area contributed by atoms with Crippen LogP contribution in [-0.4, -0.2) is 18.0 Å². The lowest BCUT2D eigenvalue weighted by molar-refractivity contribution is -0.127. The maximum Gasteiger partial charge on any atom is 0.224 e. The number of carbonyl (C=O) groups is 1. The summed E-state index contributed by atoms with van der Waals surface area (Å²) in [7, 11) is 0. The SMILES string of the molecule is CC(C)(C)C1CCCCC1NC(=O)C1CCCCCC1N. The lowest BCUT2D eigenvalue weighted by atomic mass is 9.69. The van der Waals surface area contributed by atoms with Gasteiger partial charge >= 0.3 is 0 Å². The van der Waals surface area contributed by atoms with Gasteiger partial charge in [0, 0.05) is 12.1 Å². The summed E-state index contributed by atoms with van der Waals surface area (Å²) in [4.78, 5) is 12.7. The molecule has 0 aromatic heterocycles. The molecule has 1 amide bonds. The van der Waals surface area contributed by atoms with E-state index in [-0.39, 0.29) is 23.3 Å². The van der Waals surface area contributed by atoms with Crippen LogP contribution in [0.2, 0.25) is 0 Å². The monoisotopic (exact) mass is 294 g/mol. The lowest BCUT2D eigenvalue weighted by Crippen LogP contribution is -2.50. The van der Waals surface area contributed by atoms with E-state index >= 15 is 0 Å². The number of nitrogens with two attached hydrogens (primary N) is 1. The molecule has 2 rings (SSSR count). The van der Waals surface area contributed by atoms with E-state index in [1.54, 1.807) is 0 Å². The van der Waals surface area contributed by atoms with Crippen LogP contribution in [-0.2, 0) is 4.79 Å². The number of rotatable bonds is 2. The van der Waals surface area contributed by atoms with Gasteiger partial charge in [0.15, 0.2) is 0 Å². The van der Waals surface area contributed by atoms with Crippen molar-refractivity contribution in [1.29, 1.82) is 0 Å². The molecule has 3 heteroatoms. The Hall–Kier alpha value is -0.570. The normalized spacial score (nSPS) is 35.0. The van der Waals surface area contributed by atoms with E-state index in [9.17, 15) is 4.79 Å². The Morgan fingerprint density at radius 3 is 2.29 bits per heavy atom. The van der Waals surface area contributed by atoms with Gasteiger partial charge in [0.1, 0.15) is 0 Å². The van der Waals surface area contributed by atoms with Crippen LogP contribution in [0, 0.1) is 17.3 Å². The van der Waals surface area contributed by atoms with E-state index in [0.717, 1.165) is 25.7 Å². The maximum absolute atomic E-state index is 12.7. The third kappa shape index (κ3) is 4.45. The first-order valence-corrected chi connectivity index (χ1v) is 8.95. The molecule has 2 fully saturated rings. The molecular formula is C18H34N2O. The van der Waals surface area contributed by atoms with Gasteiger partial charge in [0.2, 0.25) is 5.91 Å². The first-order chi connectivity index (χ1) is 9.89. The van der Waals surface area contributed by atoms with Gasteiger partial charge in [0.05, 0.1) is 5.92 Å². The fourth-order valence-electron chi connectivity index (χ4n) is 4.29. The van der Waals surface area contributed by atoms with Crippen LogP contribution in [0.25, 0.3) is 0 Å². The molecule has 0 aromatic carbocycles. The Labute approximate surface area is 130 Å². The zero-order valence-electron chi connectivity index (χ0n) is 14.2. The van der Waals surface area contributed by atoms with E-state index < -0.39 is 0 Å². The first kappa shape index (κ1) is 16.8. The molecule has 4 atom stereocenters. The first-order valence-electron chi connectivity index (χ1n) is 8.95. The smallest absolute Gasteiger partial charge is 0.224 e. The van der Waals surface area contributed by atoms with Gasteiger partial charge in [-0.2, -0.15) is 0 Å². The molecule has 0 aromatic rings. The molecule has 0 aliphatic heterocycles.